The van der Waals surface area contributed by atoms with Crippen molar-refractivity contribution in [2.75, 3.05) is 9.80 Å². The molecule has 11 aromatic rings. The van der Waals surface area contributed by atoms with Gasteiger partial charge in [0.25, 0.3) is 0 Å². The molecule has 13 rings (SSSR count). The summed E-state index contributed by atoms with van der Waals surface area (Å²) in [6.45, 7) is 0. The van der Waals surface area contributed by atoms with Crippen molar-refractivity contribution in [2.45, 2.75) is 31.1 Å². The van der Waals surface area contributed by atoms with Crippen molar-refractivity contribution < 1.29 is 0 Å². The zero-order valence-electron chi connectivity index (χ0n) is 39.6. The molecular formula is C69H52N2. The van der Waals surface area contributed by atoms with Crippen LogP contribution in [0.1, 0.15) is 36.8 Å². The molecule has 1 spiro atoms. The summed E-state index contributed by atoms with van der Waals surface area (Å²) >= 11 is 0. The topological polar surface area (TPSA) is 6.48 Å². The fraction of sp³-hybridized carbons (Fsp3) is 0.0725. The van der Waals surface area contributed by atoms with Gasteiger partial charge < -0.3 is 9.80 Å². The van der Waals surface area contributed by atoms with Crippen LogP contribution >= 0.6 is 0 Å². The smallest absolute Gasteiger partial charge is 0.0540 e. The number of benzene rings is 11. The van der Waals surface area contributed by atoms with Crippen molar-refractivity contribution in [1.29, 1.82) is 0 Å². The summed E-state index contributed by atoms with van der Waals surface area (Å²) in [6, 6.07) is 98.2. The molecule has 0 unspecified atom stereocenters. The fourth-order valence-electron chi connectivity index (χ4n) is 11.8. The first-order chi connectivity index (χ1) is 35.2. The first-order valence-corrected chi connectivity index (χ1v) is 25.1. The number of hydrogen-bond acceptors (Lipinski definition) is 2. The minimum absolute atomic E-state index is 0.0818. The van der Waals surface area contributed by atoms with Crippen molar-refractivity contribution >= 4 is 44.9 Å². The minimum atomic E-state index is 0.0818. The third kappa shape index (κ3) is 7.70. The van der Waals surface area contributed by atoms with E-state index in [4.69, 9.17) is 0 Å². The van der Waals surface area contributed by atoms with E-state index in [0.29, 0.717) is 0 Å². The summed E-state index contributed by atoms with van der Waals surface area (Å²) in [5, 5.41) is 2.47. The Morgan fingerprint density at radius 3 is 1.28 bits per heavy atom. The van der Waals surface area contributed by atoms with Crippen LogP contribution in [-0.2, 0) is 5.41 Å². The van der Waals surface area contributed by atoms with E-state index in [2.05, 4.69) is 277 Å². The zero-order chi connectivity index (χ0) is 47.1. The van der Waals surface area contributed by atoms with E-state index in [1.807, 2.05) is 0 Å². The van der Waals surface area contributed by atoms with Crippen molar-refractivity contribution in [3.05, 3.63) is 278 Å². The van der Waals surface area contributed by atoms with Gasteiger partial charge in [-0.2, -0.15) is 0 Å². The molecule has 1 saturated carbocycles. The molecule has 2 nitrogen and oxygen atoms in total. The van der Waals surface area contributed by atoms with E-state index in [1.54, 1.807) is 0 Å². The molecule has 0 aromatic heterocycles. The Labute approximate surface area is 417 Å². The van der Waals surface area contributed by atoms with Gasteiger partial charge >= 0.3 is 0 Å². The van der Waals surface area contributed by atoms with E-state index < -0.39 is 0 Å². The quantitative estimate of drug-likeness (QED) is 0.135. The number of rotatable bonds is 10. The lowest BCUT2D eigenvalue weighted by Gasteiger charge is -2.30. The molecular weight excluding hydrogens is 857 g/mol. The highest BCUT2D eigenvalue weighted by atomic mass is 15.1. The van der Waals surface area contributed by atoms with Crippen molar-refractivity contribution in [3.63, 3.8) is 0 Å². The fourth-order valence-corrected chi connectivity index (χ4v) is 11.8. The van der Waals surface area contributed by atoms with Gasteiger partial charge in [0.15, 0.2) is 0 Å². The summed E-state index contributed by atoms with van der Waals surface area (Å²) in [5.74, 6) is 0. The molecule has 0 N–H and O–H groups in total. The Hall–Kier alpha value is -8.72. The Kier molecular flexibility index (Phi) is 10.7. The molecule has 0 atom stereocenters. The molecule has 0 heterocycles. The molecule has 1 fully saturated rings. The number of nitrogens with zero attached hydrogens (tertiary/aromatic N) is 2. The van der Waals surface area contributed by atoms with Crippen molar-refractivity contribution in [1.82, 2.24) is 0 Å². The molecule has 0 aliphatic heterocycles. The van der Waals surface area contributed by atoms with E-state index in [-0.39, 0.29) is 5.41 Å². The Morgan fingerprint density at radius 2 is 0.704 bits per heavy atom. The first kappa shape index (κ1) is 42.4. The van der Waals surface area contributed by atoms with E-state index in [1.165, 1.54) is 109 Å². The zero-order valence-corrected chi connectivity index (χ0v) is 39.6. The number of hydrogen-bond donors (Lipinski definition) is 0. The van der Waals surface area contributed by atoms with Crippen molar-refractivity contribution in [3.8, 4) is 55.6 Å². The highest BCUT2D eigenvalue weighted by Gasteiger charge is 2.45. The SMILES string of the molecule is c1ccc(-c2ccc(N(c3ccc(-c4ccc(N(c5ccc6c(c5)C5(CCCC5)c5ccccc5-6)c5cccc6ccccc56)cc4)cc3)c3cc(-c4ccccc4)cc(-c4ccccc4)c3)cc2)cc1. The maximum absolute atomic E-state index is 2.52. The van der Waals surface area contributed by atoms with E-state index in [0.717, 1.165) is 28.3 Å². The third-order valence-electron chi connectivity index (χ3n) is 15.2. The van der Waals surface area contributed by atoms with Gasteiger partial charge in [-0.15, -0.1) is 0 Å². The van der Waals surface area contributed by atoms with Crippen molar-refractivity contribution in [2.24, 2.45) is 0 Å². The summed E-state index contributed by atoms with van der Waals surface area (Å²) in [7, 11) is 0. The van der Waals surface area contributed by atoms with Crippen LogP contribution in [0.2, 0.25) is 0 Å². The van der Waals surface area contributed by atoms with Crippen LogP contribution in [0.25, 0.3) is 66.4 Å². The summed E-state index contributed by atoms with van der Waals surface area (Å²) in [4.78, 5) is 4.88. The highest BCUT2D eigenvalue weighted by molar-refractivity contribution is 5.99. The lowest BCUT2D eigenvalue weighted by molar-refractivity contribution is 0.550. The summed E-state index contributed by atoms with van der Waals surface area (Å²) in [6.07, 6.45) is 4.94. The van der Waals surface area contributed by atoms with Gasteiger partial charge in [-0.3, -0.25) is 0 Å². The van der Waals surface area contributed by atoms with Crippen LogP contribution in [0.3, 0.4) is 0 Å². The van der Waals surface area contributed by atoms with Crippen LogP contribution in [-0.4, -0.2) is 0 Å². The molecule has 2 heteroatoms. The Morgan fingerprint density at radius 1 is 0.268 bits per heavy atom. The molecule has 338 valence electrons. The predicted molar refractivity (Wildman–Crippen MR) is 300 cm³/mol. The Balaban J connectivity index is 0.891. The second-order valence-electron chi connectivity index (χ2n) is 19.2. The van der Waals surface area contributed by atoms with Gasteiger partial charge in [-0.05, 0) is 158 Å². The highest BCUT2D eigenvalue weighted by Crippen LogP contribution is 2.58. The van der Waals surface area contributed by atoms with Gasteiger partial charge in [0.1, 0.15) is 0 Å². The van der Waals surface area contributed by atoms with Gasteiger partial charge in [-0.25, -0.2) is 0 Å². The van der Waals surface area contributed by atoms with Crippen LogP contribution in [0.15, 0.2) is 267 Å². The standard InChI is InChI=1S/C69H52N2/c1-4-17-49(18-5-1)52-29-35-58(36-30-52)70(62-46-56(50-19-6-2-7-20-50)45-57(47-62)51-21-8-3-9-22-51)59-37-31-53(32-38-59)54-33-39-60(40-34-54)71(68-28-16-24-55-23-10-11-25-63(55)68)61-41-42-65-64-26-12-13-27-66(64)69(67(65)48-61)43-14-15-44-69/h1-13,16-42,45-48H,14-15,43-44H2. The lowest BCUT2D eigenvalue weighted by atomic mass is 9.76. The van der Waals surface area contributed by atoms with Crippen LogP contribution in [0, 0.1) is 0 Å². The molecule has 0 amide bonds. The van der Waals surface area contributed by atoms with Crippen LogP contribution < -0.4 is 9.80 Å². The first-order valence-electron chi connectivity index (χ1n) is 25.1. The third-order valence-corrected chi connectivity index (χ3v) is 15.2. The van der Waals surface area contributed by atoms with Gasteiger partial charge in [-0.1, -0.05) is 207 Å². The second kappa shape index (κ2) is 18.0. The van der Waals surface area contributed by atoms with E-state index in [9.17, 15) is 0 Å². The maximum atomic E-state index is 2.52. The Bertz CT molecular complexity index is 3610. The maximum Gasteiger partial charge on any atom is 0.0540 e. The normalized spacial score (nSPS) is 13.2. The minimum Gasteiger partial charge on any atom is -0.310 e. The van der Waals surface area contributed by atoms with Gasteiger partial charge in [0.05, 0.1) is 5.69 Å². The predicted octanol–water partition coefficient (Wildman–Crippen LogP) is 19.3. The van der Waals surface area contributed by atoms with Gasteiger partial charge in [0.2, 0.25) is 0 Å². The molecule has 2 aliphatic rings. The molecule has 71 heavy (non-hydrogen) atoms. The van der Waals surface area contributed by atoms with E-state index >= 15 is 0 Å². The average Bonchev–Trinajstić information content (AvgIpc) is 4.06. The monoisotopic (exact) mass is 908 g/mol. The molecule has 2 aliphatic carbocycles. The lowest BCUT2D eigenvalue weighted by Crippen LogP contribution is -2.21. The largest absolute Gasteiger partial charge is 0.310 e. The second-order valence-corrected chi connectivity index (χ2v) is 19.2. The average molecular weight is 909 g/mol. The molecule has 0 radical (unpaired) electrons. The summed E-state index contributed by atoms with van der Waals surface area (Å²) in [5.41, 5.74) is 22.1. The number of anilines is 6. The molecule has 0 saturated heterocycles. The van der Waals surface area contributed by atoms with Crippen LogP contribution in [0.4, 0.5) is 34.1 Å². The number of fused-ring (bicyclic) bond motifs is 6. The molecule has 0 bridgehead atoms. The van der Waals surface area contributed by atoms with Gasteiger partial charge in [0, 0.05) is 39.2 Å². The summed E-state index contributed by atoms with van der Waals surface area (Å²) < 4.78 is 0. The molecule has 11 aromatic carbocycles. The van der Waals surface area contributed by atoms with Crippen LogP contribution in [0.5, 0.6) is 0 Å².